The van der Waals surface area contributed by atoms with Crippen molar-refractivity contribution in [2.75, 3.05) is 4.90 Å². The zero-order chi connectivity index (χ0) is 44.2. The lowest BCUT2D eigenvalue weighted by Gasteiger charge is -2.36. The molecule has 2 aliphatic rings. The van der Waals surface area contributed by atoms with E-state index < -0.39 is 10.8 Å². The number of nitrogens with zero attached hydrogens (tertiary/aromatic N) is 1. The van der Waals surface area contributed by atoms with Gasteiger partial charge in [0.1, 0.15) is 0 Å². The lowest BCUT2D eigenvalue weighted by Crippen LogP contribution is -2.29. The Morgan fingerprint density at radius 2 is 0.773 bits per heavy atom. The highest BCUT2D eigenvalue weighted by atomic mass is 32.1. The minimum Gasteiger partial charge on any atom is -0.310 e. The van der Waals surface area contributed by atoms with Crippen LogP contribution in [0.15, 0.2) is 224 Å². The second-order valence-electron chi connectivity index (χ2n) is 18.2. The summed E-state index contributed by atoms with van der Waals surface area (Å²) in [7, 11) is 0. The number of fused-ring (bicyclic) bond motifs is 7. The van der Waals surface area contributed by atoms with Gasteiger partial charge in [0.15, 0.2) is 0 Å². The van der Waals surface area contributed by atoms with Crippen LogP contribution in [0, 0.1) is 0 Å². The molecule has 66 heavy (non-hydrogen) atoms. The summed E-state index contributed by atoms with van der Waals surface area (Å²) < 4.78 is 1.29. The molecule has 1 heterocycles. The van der Waals surface area contributed by atoms with Crippen molar-refractivity contribution in [3.63, 3.8) is 0 Å². The summed E-state index contributed by atoms with van der Waals surface area (Å²) in [6, 6.07) is 83.4. The molecular formula is C64H51NS. The second kappa shape index (κ2) is 16.3. The van der Waals surface area contributed by atoms with Crippen LogP contribution in [0.3, 0.4) is 0 Å². The van der Waals surface area contributed by atoms with E-state index in [4.69, 9.17) is 0 Å². The quantitative estimate of drug-likeness (QED) is 0.125. The first-order valence-electron chi connectivity index (χ1n) is 23.7. The Bertz CT molecular complexity index is 3190. The largest absolute Gasteiger partial charge is 0.310 e. The number of aryl methyl sites for hydroxylation is 2. The van der Waals surface area contributed by atoms with Crippen molar-refractivity contribution < 1.29 is 0 Å². The second-order valence-corrected chi connectivity index (χ2v) is 19.1. The molecule has 0 fully saturated rings. The molecule has 2 unspecified atom stereocenters. The minimum atomic E-state index is -0.525. The Hall–Kier alpha value is -7.26. The van der Waals surface area contributed by atoms with Crippen LogP contribution in [0.1, 0.15) is 82.3 Å². The van der Waals surface area contributed by atoms with Crippen molar-refractivity contribution in [1.82, 2.24) is 0 Å². The molecule has 0 bridgehead atoms. The maximum atomic E-state index is 2.52. The highest BCUT2D eigenvalue weighted by molar-refractivity contribution is 7.17. The fourth-order valence-corrected chi connectivity index (χ4v) is 12.5. The summed E-state index contributed by atoms with van der Waals surface area (Å²) in [5.41, 5.74) is 20.6. The Labute approximate surface area is 393 Å². The van der Waals surface area contributed by atoms with Crippen LogP contribution in [0.5, 0.6) is 0 Å². The van der Waals surface area contributed by atoms with Crippen LogP contribution >= 0.6 is 11.3 Å². The van der Waals surface area contributed by atoms with E-state index in [0.717, 1.165) is 42.7 Å². The maximum absolute atomic E-state index is 2.52. The molecule has 1 aromatic heterocycles. The van der Waals surface area contributed by atoms with E-state index in [9.17, 15) is 0 Å². The predicted molar refractivity (Wildman–Crippen MR) is 279 cm³/mol. The smallest absolute Gasteiger partial charge is 0.0714 e. The highest BCUT2D eigenvalue weighted by Gasteiger charge is 2.48. The third-order valence-electron chi connectivity index (χ3n) is 14.5. The number of thiophene rings is 1. The van der Waals surface area contributed by atoms with E-state index in [0.29, 0.717) is 0 Å². The van der Waals surface area contributed by atoms with E-state index in [1.54, 1.807) is 11.3 Å². The zero-order valence-corrected chi connectivity index (χ0v) is 38.4. The van der Waals surface area contributed by atoms with Crippen LogP contribution in [-0.2, 0) is 23.7 Å². The lowest BCUT2D eigenvalue weighted by molar-refractivity contribution is 0.766. The Morgan fingerprint density at radius 3 is 1.26 bits per heavy atom. The summed E-state index contributed by atoms with van der Waals surface area (Å²) >= 11 is 1.80. The van der Waals surface area contributed by atoms with Gasteiger partial charge in [-0.3, -0.25) is 0 Å². The molecule has 2 heteroatoms. The van der Waals surface area contributed by atoms with Gasteiger partial charge in [-0.15, -0.1) is 11.3 Å². The number of hydrogen-bond donors (Lipinski definition) is 0. The highest BCUT2D eigenvalue weighted by Crippen LogP contribution is 2.59. The van der Waals surface area contributed by atoms with Crippen LogP contribution in [0.2, 0.25) is 0 Å². The fourth-order valence-electron chi connectivity index (χ4n) is 11.7. The molecule has 10 aromatic rings. The number of benzene rings is 9. The van der Waals surface area contributed by atoms with Gasteiger partial charge >= 0.3 is 0 Å². The van der Waals surface area contributed by atoms with E-state index in [1.165, 1.54) is 88.0 Å². The molecular weight excluding hydrogens is 815 g/mol. The van der Waals surface area contributed by atoms with Gasteiger partial charge < -0.3 is 4.90 Å². The van der Waals surface area contributed by atoms with Crippen molar-refractivity contribution in [2.45, 2.75) is 50.4 Å². The van der Waals surface area contributed by atoms with Gasteiger partial charge in [-0.2, -0.15) is 0 Å². The minimum absolute atomic E-state index is 0.525. The normalized spacial score (nSPS) is 16.7. The first-order chi connectivity index (χ1) is 32.6. The molecule has 0 amide bonds. The van der Waals surface area contributed by atoms with E-state index >= 15 is 0 Å². The lowest BCUT2D eigenvalue weighted by atomic mass is 9.67. The summed E-state index contributed by atoms with van der Waals surface area (Å²) in [5, 5.41) is 3.46. The Balaban J connectivity index is 1.12. The van der Waals surface area contributed by atoms with Crippen molar-refractivity contribution in [2.24, 2.45) is 0 Å². The average molecular weight is 866 g/mol. The molecule has 2 atom stereocenters. The molecule has 1 nitrogen and oxygen atoms in total. The molecule has 0 N–H and O–H groups in total. The molecule has 0 saturated carbocycles. The van der Waals surface area contributed by atoms with Crippen LogP contribution < -0.4 is 4.90 Å². The molecule has 0 aliphatic heterocycles. The average Bonchev–Trinajstić information content (AvgIpc) is 4.05. The van der Waals surface area contributed by atoms with E-state index in [1.807, 2.05) is 0 Å². The van der Waals surface area contributed by atoms with Gasteiger partial charge in [-0.05, 0) is 150 Å². The number of anilines is 3. The monoisotopic (exact) mass is 865 g/mol. The van der Waals surface area contributed by atoms with Gasteiger partial charge in [-0.25, -0.2) is 0 Å². The van der Waals surface area contributed by atoms with E-state index in [-0.39, 0.29) is 0 Å². The van der Waals surface area contributed by atoms with Crippen molar-refractivity contribution >= 4 is 38.5 Å². The first kappa shape index (κ1) is 40.3. The van der Waals surface area contributed by atoms with Gasteiger partial charge in [0.25, 0.3) is 0 Å². The molecule has 9 aromatic carbocycles. The SMILES string of the molecule is CCCc1ccc(C2(c3ccccc3)c3ccccc3-c3ccc(N(c4ccc5c(c4)C(c4ccccc4)(c4ccc(CCC)cc4)c4ccccc4-5)c4ccc5sccc5c4)cc32)cc1. The molecule has 2 aliphatic carbocycles. The molecule has 0 saturated heterocycles. The topological polar surface area (TPSA) is 3.24 Å². The van der Waals surface area contributed by atoms with Crippen molar-refractivity contribution in [1.29, 1.82) is 0 Å². The summed E-state index contributed by atoms with van der Waals surface area (Å²) in [4.78, 5) is 2.52. The van der Waals surface area contributed by atoms with Gasteiger partial charge in [-0.1, -0.05) is 197 Å². The number of hydrogen-bond acceptors (Lipinski definition) is 2. The third kappa shape index (κ3) is 6.12. The zero-order valence-electron chi connectivity index (χ0n) is 37.5. The van der Waals surface area contributed by atoms with Gasteiger partial charge in [0.05, 0.1) is 10.8 Å². The van der Waals surface area contributed by atoms with Crippen LogP contribution in [0.25, 0.3) is 32.3 Å². The predicted octanol–water partition coefficient (Wildman–Crippen LogP) is 17.0. The van der Waals surface area contributed by atoms with E-state index in [2.05, 4.69) is 243 Å². The number of rotatable bonds is 11. The van der Waals surface area contributed by atoms with Crippen molar-refractivity contribution in [3.05, 3.63) is 279 Å². The van der Waals surface area contributed by atoms with Crippen LogP contribution in [-0.4, -0.2) is 0 Å². The third-order valence-corrected chi connectivity index (χ3v) is 15.4. The molecule has 0 spiro atoms. The maximum Gasteiger partial charge on any atom is 0.0714 e. The Kier molecular flexibility index (Phi) is 9.95. The summed E-state index contributed by atoms with van der Waals surface area (Å²) in [6.07, 6.45) is 4.39. The molecule has 318 valence electrons. The van der Waals surface area contributed by atoms with Gasteiger partial charge in [0.2, 0.25) is 0 Å². The summed E-state index contributed by atoms with van der Waals surface area (Å²) in [5.74, 6) is 0. The summed E-state index contributed by atoms with van der Waals surface area (Å²) in [6.45, 7) is 4.52. The first-order valence-corrected chi connectivity index (χ1v) is 24.6. The standard InChI is InChI=1S/C64H51NS/c1-3-15-44-25-29-49(30-26-44)63(47-17-7-5-8-18-47)58-23-13-11-21-54(58)56-36-33-52(42-60(56)63)65(51-35-38-62-46(41-51)39-40-66-62)53-34-37-57-55-22-12-14-24-59(55)64(61(57)43-53,48-19-9-6-10-20-48)50-31-27-45(16-4-2)28-32-50/h5-14,17-43H,3-4,15-16H2,1-2H3. The van der Waals surface area contributed by atoms with Gasteiger partial charge in [0, 0.05) is 21.8 Å². The Morgan fingerprint density at radius 1 is 0.364 bits per heavy atom. The van der Waals surface area contributed by atoms with Crippen LogP contribution in [0.4, 0.5) is 17.1 Å². The fraction of sp³-hybridized carbons (Fsp3) is 0.125. The molecule has 0 radical (unpaired) electrons. The van der Waals surface area contributed by atoms with Crippen molar-refractivity contribution in [3.8, 4) is 22.3 Å². The molecule has 12 rings (SSSR count).